The van der Waals surface area contributed by atoms with Gasteiger partial charge in [-0.15, -0.1) is 0 Å². The Morgan fingerprint density at radius 2 is 1.94 bits per heavy atom. The molecule has 0 saturated carbocycles. The number of carbonyl (C=O) groups is 1. The molecular formula is C11H17ClN2O2. The predicted octanol–water partition coefficient (Wildman–Crippen LogP) is -1.15. The van der Waals surface area contributed by atoms with E-state index in [2.05, 4.69) is 12.3 Å². The molecule has 16 heavy (non-hydrogen) atoms. The first-order valence-electron chi connectivity index (χ1n) is 5.23. The minimum Gasteiger partial charge on any atom is -1.00 e. The number of carbonyl (C=O) groups excluding carboxylic acids is 1. The van der Waals surface area contributed by atoms with E-state index in [0.29, 0.717) is 6.61 Å². The van der Waals surface area contributed by atoms with Gasteiger partial charge in [-0.3, -0.25) is 0 Å². The van der Waals surface area contributed by atoms with Crippen molar-refractivity contribution in [2.45, 2.75) is 26.2 Å². The first-order chi connectivity index (χ1) is 7.33. The van der Waals surface area contributed by atoms with Crippen LogP contribution in [-0.4, -0.2) is 12.7 Å². The maximum atomic E-state index is 11.2. The number of nitrogens with zero attached hydrogens (tertiary/aromatic N) is 1. The molecule has 0 spiro atoms. The number of ether oxygens (including phenoxy) is 1. The van der Waals surface area contributed by atoms with Gasteiger partial charge in [0.15, 0.2) is 12.4 Å². The Morgan fingerprint density at radius 3 is 2.56 bits per heavy atom. The van der Waals surface area contributed by atoms with Crippen LogP contribution in [0.25, 0.3) is 0 Å². The number of nitrogens with one attached hydrogen (secondary N) is 1. The molecule has 1 aromatic rings. The quantitative estimate of drug-likeness (QED) is 0.525. The highest BCUT2D eigenvalue weighted by molar-refractivity contribution is 5.73. The minimum atomic E-state index is -0.415. The van der Waals surface area contributed by atoms with E-state index in [0.717, 1.165) is 19.3 Å². The molecule has 0 fully saturated rings. The lowest BCUT2D eigenvalue weighted by molar-refractivity contribution is -0.642. The number of hydrogen-bond donors (Lipinski definition) is 1. The van der Waals surface area contributed by atoms with Crippen molar-refractivity contribution in [2.24, 2.45) is 0 Å². The maximum Gasteiger partial charge on any atom is 0.461 e. The molecule has 0 aromatic carbocycles. The first kappa shape index (κ1) is 14.7. The van der Waals surface area contributed by atoms with Crippen molar-refractivity contribution in [1.29, 1.82) is 0 Å². The van der Waals surface area contributed by atoms with Gasteiger partial charge in [0.1, 0.15) is 0 Å². The van der Waals surface area contributed by atoms with Gasteiger partial charge in [0, 0.05) is 12.1 Å². The third-order valence-electron chi connectivity index (χ3n) is 1.92. The molecule has 0 aliphatic heterocycles. The predicted molar refractivity (Wildman–Crippen MR) is 56.9 cm³/mol. The van der Waals surface area contributed by atoms with Crippen LogP contribution >= 0.6 is 0 Å². The fraction of sp³-hybridized carbons (Fsp3) is 0.455. The number of halogens is 1. The second kappa shape index (κ2) is 8.97. The van der Waals surface area contributed by atoms with Crippen LogP contribution in [0.4, 0.5) is 4.79 Å². The summed E-state index contributed by atoms with van der Waals surface area (Å²) < 4.78 is 6.53. The molecule has 0 saturated heterocycles. The van der Waals surface area contributed by atoms with Gasteiger partial charge in [0.05, 0.1) is 6.61 Å². The zero-order valence-corrected chi connectivity index (χ0v) is 10.1. The van der Waals surface area contributed by atoms with Crippen LogP contribution < -0.4 is 22.5 Å². The SMILES string of the molecule is CCCCCOC(=O)N[n+]1ccccc1.[Cl-]. The topological polar surface area (TPSA) is 42.2 Å². The lowest BCUT2D eigenvalue weighted by Gasteiger charge is -2.02. The van der Waals surface area contributed by atoms with Gasteiger partial charge in [0.25, 0.3) is 0 Å². The Morgan fingerprint density at radius 1 is 1.25 bits per heavy atom. The fourth-order valence-electron chi connectivity index (χ4n) is 1.13. The summed E-state index contributed by atoms with van der Waals surface area (Å²) in [5.74, 6) is 0. The standard InChI is InChI=1S/C11H16N2O2.ClH/c1-2-3-7-10-15-11(14)12-13-8-5-4-6-9-13;/h4-6,8-9H,2-3,7,10H2,1H3;1H. The molecule has 0 unspecified atom stereocenters. The van der Waals surface area contributed by atoms with Crippen LogP contribution in [0.3, 0.4) is 0 Å². The zero-order chi connectivity index (χ0) is 10.9. The van der Waals surface area contributed by atoms with Gasteiger partial charge in [-0.05, 0) is 6.42 Å². The summed E-state index contributed by atoms with van der Waals surface area (Å²) in [5, 5.41) is 0. The maximum absolute atomic E-state index is 11.2. The Kier molecular flexibility index (Phi) is 8.25. The highest BCUT2D eigenvalue weighted by Gasteiger charge is 2.06. The molecular weight excluding hydrogens is 228 g/mol. The summed E-state index contributed by atoms with van der Waals surface area (Å²) in [5.41, 5.74) is 2.57. The first-order valence-corrected chi connectivity index (χ1v) is 5.23. The monoisotopic (exact) mass is 244 g/mol. The fourth-order valence-corrected chi connectivity index (χ4v) is 1.13. The van der Waals surface area contributed by atoms with Gasteiger partial charge in [-0.25, -0.2) is 4.79 Å². The molecule has 4 nitrogen and oxygen atoms in total. The van der Waals surface area contributed by atoms with Crippen molar-refractivity contribution in [1.82, 2.24) is 0 Å². The third kappa shape index (κ3) is 6.24. The molecule has 5 heteroatoms. The Hall–Kier alpha value is -1.29. The summed E-state index contributed by atoms with van der Waals surface area (Å²) in [6.45, 7) is 2.59. The van der Waals surface area contributed by atoms with E-state index in [1.54, 1.807) is 17.1 Å². The van der Waals surface area contributed by atoms with Crippen LogP contribution in [-0.2, 0) is 4.74 Å². The van der Waals surface area contributed by atoms with Crippen LogP contribution in [0.15, 0.2) is 30.6 Å². The van der Waals surface area contributed by atoms with Gasteiger partial charge in [0.2, 0.25) is 0 Å². The Bertz CT molecular complexity index is 293. The summed E-state index contributed by atoms with van der Waals surface area (Å²) in [7, 11) is 0. The van der Waals surface area contributed by atoms with Crippen LogP contribution in [0, 0.1) is 0 Å². The molecule has 0 aliphatic carbocycles. The van der Waals surface area contributed by atoms with Gasteiger partial charge < -0.3 is 17.1 Å². The molecule has 1 rings (SSSR count). The molecule has 1 N–H and O–H groups in total. The highest BCUT2D eigenvalue weighted by Crippen LogP contribution is 1.93. The number of unbranched alkanes of at least 4 members (excludes halogenated alkanes) is 2. The van der Waals surface area contributed by atoms with Gasteiger partial charge >= 0.3 is 6.09 Å². The Labute approximate surface area is 102 Å². The van der Waals surface area contributed by atoms with Crippen molar-refractivity contribution in [2.75, 3.05) is 12.0 Å². The van der Waals surface area contributed by atoms with Gasteiger partial charge in [-0.2, -0.15) is 0 Å². The molecule has 1 aromatic heterocycles. The lowest BCUT2D eigenvalue weighted by atomic mass is 10.3. The van der Waals surface area contributed by atoms with Gasteiger partial charge in [-0.1, -0.05) is 35.9 Å². The van der Waals surface area contributed by atoms with E-state index < -0.39 is 6.09 Å². The molecule has 0 radical (unpaired) electrons. The van der Waals surface area contributed by atoms with Crippen LogP contribution in [0.1, 0.15) is 26.2 Å². The van der Waals surface area contributed by atoms with E-state index in [9.17, 15) is 4.79 Å². The zero-order valence-electron chi connectivity index (χ0n) is 9.36. The van der Waals surface area contributed by atoms with Crippen molar-refractivity contribution in [3.05, 3.63) is 30.6 Å². The minimum absolute atomic E-state index is 0. The third-order valence-corrected chi connectivity index (χ3v) is 1.92. The average Bonchev–Trinajstić information content (AvgIpc) is 2.26. The van der Waals surface area contributed by atoms with Crippen LogP contribution in [0.2, 0.25) is 0 Å². The van der Waals surface area contributed by atoms with Crippen molar-refractivity contribution < 1.29 is 26.6 Å². The number of rotatable bonds is 5. The number of aromatic nitrogens is 1. The lowest BCUT2D eigenvalue weighted by Crippen LogP contribution is -3.00. The van der Waals surface area contributed by atoms with Crippen LogP contribution in [0.5, 0.6) is 0 Å². The molecule has 1 amide bonds. The molecule has 1 heterocycles. The van der Waals surface area contributed by atoms with E-state index in [-0.39, 0.29) is 12.4 Å². The van der Waals surface area contributed by atoms with E-state index in [4.69, 9.17) is 4.74 Å². The molecule has 90 valence electrons. The number of hydrogen-bond acceptors (Lipinski definition) is 2. The average molecular weight is 245 g/mol. The second-order valence-corrected chi connectivity index (χ2v) is 3.24. The molecule has 0 atom stereocenters. The van der Waals surface area contributed by atoms with E-state index in [1.807, 2.05) is 18.2 Å². The molecule has 0 bridgehead atoms. The van der Waals surface area contributed by atoms with E-state index >= 15 is 0 Å². The Balaban J connectivity index is 0.00000225. The summed E-state index contributed by atoms with van der Waals surface area (Å²) in [6.07, 6.45) is 6.20. The summed E-state index contributed by atoms with van der Waals surface area (Å²) in [6, 6.07) is 5.54. The highest BCUT2D eigenvalue weighted by atomic mass is 35.5. The number of amides is 1. The largest absolute Gasteiger partial charge is 1.00 e. The van der Waals surface area contributed by atoms with Crippen molar-refractivity contribution in [3.63, 3.8) is 0 Å². The smallest absolute Gasteiger partial charge is 0.461 e. The van der Waals surface area contributed by atoms with Crippen molar-refractivity contribution in [3.8, 4) is 0 Å². The summed E-state index contributed by atoms with van der Waals surface area (Å²) in [4.78, 5) is 11.2. The second-order valence-electron chi connectivity index (χ2n) is 3.24. The van der Waals surface area contributed by atoms with Crippen molar-refractivity contribution >= 4 is 6.09 Å². The van der Waals surface area contributed by atoms with E-state index in [1.165, 1.54) is 0 Å². The number of pyridine rings is 1. The molecule has 0 aliphatic rings. The summed E-state index contributed by atoms with van der Waals surface area (Å²) >= 11 is 0. The normalized spacial score (nSPS) is 9.06.